The molecule has 1 aliphatic rings. The summed E-state index contributed by atoms with van der Waals surface area (Å²) in [7, 11) is 0. The number of benzene rings is 1. The molecule has 0 aliphatic carbocycles. The third-order valence-corrected chi connectivity index (χ3v) is 5.55. The van der Waals surface area contributed by atoms with E-state index >= 15 is 0 Å². The Morgan fingerprint density at radius 3 is 2.49 bits per heavy atom. The number of fused-ring (bicyclic) bond motifs is 1. The summed E-state index contributed by atoms with van der Waals surface area (Å²) in [6, 6.07) is 0.0615. The molecule has 1 aromatic heterocycles. The van der Waals surface area contributed by atoms with E-state index in [0.717, 1.165) is 4.57 Å². The zero-order chi connectivity index (χ0) is 25.9. The lowest BCUT2D eigenvalue weighted by atomic mass is 10.0. The normalized spacial score (nSPS) is 14.6. The maximum absolute atomic E-state index is 13.9. The zero-order valence-electron chi connectivity index (χ0n) is 18.8. The van der Waals surface area contributed by atoms with Crippen molar-refractivity contribution in [1.82, 2.24) is 14.5 Å². The quantitative estimate of drug-likeness (QED) is 0.256. The van der Waals surface area contributed by atoms with Gasteiger partial charge in [-0.1, -0.05) is 13.3 Å². The number of amides is 1. The molecule has 2 heterocycles. The Morgan fingerprint density at radius 1 is 1.14 bits per heavy atom. The lowest BCUT2D eigenvalue weighted by Crippen LogP contribution is -2.42. The molecule has 2 aromatic rings. The third-order valence-electron chi connectivity index (χ3n) is 5.55. The summed E-state index contributed by atoms with van der Waals surface area (Å²) in [5.41, 5.74) is 5.06. The molecule has 0 unspecified atom stereocenters. The predicted octanol–water partition coefficient (Wildman–Crippen LogP) is 3.58. The first kappa shape index (κ1) is 26.5. The van der Waals surface area contributed by atoms with E-state index in [4.69, 9.17) is 10.5 Å². The van der Waals surface area contributed by atoms with Crippen LogP contribution in [0.4, 0.5) is 26.3 Å². The molecule has 35 heavy (non-hydrogen) atoms. The van der Waals surface area contributed by atoms with Gasteiger partial charge in [-0.3, -0.25) is 4.79 Å². The fraction of sp³-hybridized carbons (Fsp3) is 0.500. The molecule has 0 saturated carbocycles. The molecule has 0 fully saturated rings. The van der Waals surface area contributed by atoms with E-state index in [-0.39, 0.29) is 50.3 Å². The predicted molar refractivity (Wildman–Crippen MR) is 110 cm³/mol. The average Bonchev–Trinajstić information content (AvgIpc) is 3.17. The number of nitrogens with two attached hydrogens (primary N) is 1. The van der Waals surface area contributed by atoms with Crippen molar-refractivity contribution < 1.29 is 40.7 Å². The van der Waals surface area contributed by atoms with E-state index in [0.29, 0.717) is 25.0 Å². The number of carbonyl (C=O) groups excluding carboxylic acids is 2. The van der Waals surface area contributed by atoms with Crippen LogP contribution in [-0.2, 0) is 35.2 Å². The Labute approximate surface area is 196 Å². The van der Waals surface area contributed by atoms with Crippen molar-refractivity contribution in [2.75, 3.05) is 13.2 Å². The molecule has 1 aliphatic heterocycles. The highest BCUT2D eigenvalue weighted by Crippen LogP contribution is 2.32. The van der Waals surface area contributed by atoms with Gasteiger partial charge in [-0.25, -0.2) is 22.9 Å². The third kappa shape index (κ3) is 6.13. The second kappa shape index (κ2) is 10.7. The highest BCUT2D eigenvalue weighted by Gasteiger charge is 2.42. The number of hydrogen-bond acceptors (Lipinski definition) is 5. The van der Waals surface area contributed by atoms with E-state index in [1.165, 1.54) is 4.90 Å². The number of rotatable bonds is 8. The van der Waals surface area contributed by atoms with Gasteiger partial charge in [-0.05, 0) is 24.5 Å². The minimum absolute atomic E-state index is 0.0149. The maximum Gasteiger partial charge on any atom is 0.449 e. The van der Waals surface area contributed by atoms with Gasteiger partial charge in [0.15, 0.2) is 17.3 Å². The minimum atomic E-state index is -4.82. The first-order chi connectivity index (χ1) is 16.4. The van der Waals surface area contributed by atoms with Crippen molar-refractivity contribution >= 4 is 11.9 Å². The van der Waals surface area contributed by atoms with Gasteiger partial charge >= 0.3 is 12.1 Å². The molecule has 3 rings (SSSR count). The van der Waals surface area contributed by atoms with Gasteiger partial charge in [0, 0.05) is 31.6 Å². The largest absolute Gasteiger partial charge is 0.461 e. The first-order valence-electron chi connectivity index (χ1n) is 10.9. The van der Waals surface area contributed by atoms with Gasteiger partial charge in [0.05, 0.1) is 18.8 Å². The highest BCUT2D eigenvalue weighted by molar-refractivity contribution is 5.89. The molecule has 1 amide bonds. The summed E-state index contributed by atoms with van der Waals surface area (Å²) >= 11 is 0. The summed E-state index contributed by atoms with van der Waals surface area (Å²) in [5, 5.41) is 0. The Kier molecular flexibility index (Phi) is 8.08. The van der Waals surface area contributed by atoms with Crippen LogP contribution in [0.2, 0.25) is 0 Å². The molecule has 7 nitrogen and oxygen atoms in total. The van der Waals surface area contributed by atoms with E-state index in [2.05, 4.69) is 4.98 Å². The van der Waals surface area contributed by atoms with Crippen molar-refractivity contribution in [2.45, 2.75) is 57.9 Å². The Balaban J connectivity index is 1.74. The van der Waals surface area contributed by atoms with Crippen molar-refractivity contribution in [3.8, 4) is 0 Å². The standard InChI is InChI=1S/C22H24F6N4O3/c1-2-3-6-35-20(34)19-17-11-31(4-5-32(17)21(30-19)22(26,27)28)18(33)9-13(29)7-12-8-15(24)16(25)10-14(12)23/h8,10,13H,2-7,9,11,29H2,1H3/t13-/m1/s1. The maximum atomic E-state index is 13.9. The molecule has 1 aromatic carbocycles. The smallest absolute Gasteiger partial charge is 0.449 e. The van der Waals surface area contributed by atoms with Gasteiger partial charge in [-0.15, -0.1) is 0 Å². The van der Waals surface area contributed by atoms with Crippen molar-refractivity contribution in [2.24, 2.45) is 5.73 Å². The summed E-state index contributed by atoms with van der Waals surface area (Å²) in [6.07, 6.45) is -4.20. The van der Waals surface area contributed by atoms with Gasteiger partial charge in [0.25, 0.3) is 0 Å². The fourth-order valence-corrected chi connectivity index (χ4v) is 3.77. The summed E-state index contributed by atoms with van der Waals surface area (Å²) in [5.74, 6) is -6.47. The van der Waals surface area contributed by atoms with Gasteiger partial charge in [0.2, 0.25) is 11.7 Å². The first-order valence-corrected chi connectivity index (χ1v) is 10.9. The number of carbonyl (C=O) groups is 2. The Hall–Kier alpha value is -3.09. The highest BCUT2D eigenvalue weighted by atomic mass is 19.4. The van der Waals surface area contributed by atoms with Crippen molar-refractivity contribution in [3.63, 3.8) is 0 Å². The second-order valence-electron chi connectivity index (χ2n) is 8.21. The number of unbranched alkanes of at least 4 members (excludes halogenated alkanes) is 1. The van der Waals surface area contributed by atoms with Crippen LogP contribution < -0.4 is 5.73 Å². The van der Waals surface area contributed by atoms with E-state index < -0.39 is 53.1 Å². The van der Waals surface area contributed by atoms with E-state index in [9.17, 15) is 35.9 Å². The number of ether oxygens (including phenoxy) is 1. The molecular formula is C22H24F6N4O3. The lowest BCUT2D eigenvalue weighted by Gasteiger charge is -2.30. The summed E-state index contributed by atoms with van der Waals surface area (Å²) < 4.78 is 86.6. The van der Waals surface area contributed by atoms with Gasteiger partial charge < -0.3 is 19.9 Å². The Morgan fingerprint density at radius 2 is 1.83 bits per heavy atom. The molecule has 192 valence electrons. The van der Waals surface area contributed by atoms with Crippen LogP contribution in [0.25, 0.3) is 0 Å². The molecule has 0 radical (unpaired) electrons. The number of hydrogen-bond donors (Lipinski definition) is 1. The second-order valence-corrected chi connectivity index (χ2v) is 8.21. The van der Waals surface area contributed by atoms with Gasteiger partial charge in [0.1, 0.15) is 5.82 Å². The van der Waals surface area contributed by atoms with Crippen LogP contribution in [0.15, 0.2) is 12.1 Å². The van der Waals surface area contributed by atoms with Crippen LogP contribution >= 0.6 is 0 Å². The molecule has 0 saturated heterocycles. The van der Waals surface area contributed by atoms with E-state index in [1.54, 1.807) is 0 Å². The Bertz CT molecular complexity index is 1100. The number of alkyl halides is 3. The van der Waals surface area contributed by atoms with Crippen LogP contribution in [0, 0.1) is 17.5 Å². The van der Waals surface area contributed by atoms with Crippen LogP contribution in [0.1, 0.15) is 53.8 Å². The van der Waals surface area contributed by atoms with Crippen molar-refractivity contribution in [1.29, 1.82) is 0 Å². The number of halogens is 6. The van der Waals surface area contributed by atoms with Crippen LogP contribution in [0.3, 0.4) is 0 Å². The number of nitrogens with zero attached hydrogens (tertiary/aromatic N) is 3. The summed E-state index contributed by atoms with van der Waals surface area (Å²) in [6.45, 7) is 1.15. The fourth-order valence-electron chi connectivity index (χ4n) is 3.77. The lowest BCUT2D eigenvalue weighted by molar-refractivity contribution is -0.148. The summed E-state index contributed by atoms with van der Waals surface area (Å²) in [4.78, 5) is 29.8. The molecule has 1 atom stereocenters. The monoisotopic (exact) mass is 506 g/mol. The molecular weight excluding hydrogens is 482 g/mol. The SMILES string of the molecule is CCCCOC(=O)c1nc(C(F)(F)F)n2c1CN(C(=O)C[C@H](N)Cc1cc(F)c(F)cc1F)CC2. The number of aromatic nitrogens is 2. The van der Waals surface area contributed by atoms with Crippen LogP contribution in [-0.4, -0.2) is 45.5 Å². The average molecular weight is 506 g/mol. The topological polar surface area (TPSA) is 90.5 Å². The van der Waals surface area contributed by atoms with Crippen molar-refractivity contribution in [3.05, 3.63) is 52.4 Å². The molecule has 2 N–H and O–H groups in total. The molecule has 13 heteroatoms. The van der Waals surface area contributed by atoms with E-state index in [1.807, 2.05) is 6.92 Å². The number of esters is 1. The van der Waals surface area contributed by atoms with Gasteiger partial charge in [-0.2, -0.15) is 13.2 Å². The zero-order valence-corrected chi connectivity index (χ0v) is 18.8. The molecule has 0 bridgehead atoms. The minimum Gasteiger partial charge on any atom is -0.461 e. The number of imidazole rings is 1. The van der Waals surface area contributed by atoms with Crippen LogP contribution in [0.5, 0.6) is 0 Å². The molecule has 0 spiro atoms.